The third-order valence-electron chi connectivity index (χ3n) is 2.41. The van der Waals surface area contributed by atoms with Gasteiger partial charge in [-0.05, 0) is 24.6 Å². The van der Waals surface area contributed by atoms with Crippen molar-refractivity contribution in [3.63, 3.8) is 0 Å². The van der Waals surface area contributed by atoms with E-state index in [4.69, 9.17) is 19.9 Å². The normalized spacial score (nSPS) is 10.3. The van der Waals surface area contributed by atoms with E-state index in [1.165, 1.54) is 0 Å². The number of hydrogen-bond donors (Lipinski definition) is 1. The highest BCUT2D eigenvalue weighted by molar-refractivity contribution is 5.90. The molecule has 0 aliphatic carbocycles. The number of rotatable bonds is 7. The number of carbonyl (C=O) groups excluding carboxylic acids is 1. The number of carbonyl (C=O) groups is 1. The molecule has 0 spiro atoms. The summed E-state index contributed by atoms with van der Waals surface area (Å²) in [7, 11) is 1.60. The molecule has 0 saturated heterocycles. The Hall–Kier alpha value is -1.59. The van der Waals surface area contributed by atoms with Gasteiger partial charge >= 0.3 is 5.97 Å². The number of benzene rings is 1. The van der Waals surface area contributed by atoms with Gasteiger partial charge in [-0.2, -0.15) is 0 Å². The van der Waals surface area contributed by atoms with Gasteiger partial charge in [0.2, 0.25) is 0 Å². The number of ether oxygens (including phenoxy) is 3. The van der Waals surface area contributed by atoms with Gasteiger partial charge in [-0.25, -0.2) is 4.79 Å². The van der Waals surface area contributed by atoms with Crippen LogP contribution >= 0.6 is 0 Å². The number of anilines is 1. The van der Waals surface area contributed by atoms with Crippen molar-refractivity contribution in [3.8, 4) is 0 Å². The van der Waals surface area contributed by atoms with Gasteiger partial charge in [0.1, 0.15) is 6.61 Å². The maximum Gasteiger partial charge on any atom is 0.338 e. The van der Waals surface area contributed by atoms with Gasteiger partial charge in [0.15, 0.2) is 0 Å². The average molecular weight is 253 g/mol. The highest BCUT2D eigenvalue weighted by Gasteiger charge is 2.07. The predicted octanol–water partition coefficient (Wildman–Crippen LogP) is 1.40. The zero-order valence-corrected chi connectivity index (χ0v) is 10.8. The van der Waals surface area contributed by atoms with Gasteiger partial charge in [-0.15, -0.1) is 0 Å². The summed E-state index contributed by atoms with van der Waals surface area (Å²) in [5, 5.41) is 0. The van der Waals surface area contributed by atoms with E-state index in [2.05, 4.69) is 0 Å². The zero-order valence-electron chi connectivity index (χ0n) is 10.8. The Morgan fingerprint density at radius 1 is 1.22 bits per heavy atom. The lowest BCUT2D eigenvalue weighted by Gasteiger charge is -2.07. The average Bonchev–Trinajstić information content (AvgIpc) is 2.36. The summed E-state index contributed by atoms with van der Waals surface area (Å²) in [6, 6.07) is 5.10. The molecule has 2 N–H and O–H groups in total. The molecule has 18 heavy (non-hydrogen) atoms. The van der Waals surface area contributed by atoms with Crippen LogP contribution in [0.4, 0.5) is 5.69 Å². The van der Waals surface area contributed by atoms with Crippen LogP contribution in [-0.4, -0.2) is 39.5 Å². The Labute approximate surface area is 107 Å². The number of hydrogen-bond acceptors (Lipinski definition) is 5. The first-order valence-electron chi connectivity index (χ1n) is 5.75. The molecule has 0 fully saturated rings. The van der Waals surface area contributed by atoms with Crippen LogP contribution in [0.15, 0.2) is 18.2 Å². The summed E-state index contributed by atoms with van der Waals surface area (Å²) in [4.78, 5) is 11.6. The molecule has 5 nitrogen and oxygen atoms in total. The van der Waals surface area contributed by atoms with E-state index in [-0.39, 0.29) is 6.61 Å². The summed E-state index contributed by atoms with van der Waals surface area (Å²) in [5.41, 5.74) is 7.70. The van der Waals surface area contributed by atoms with E-state index in [1.54, 1.807) is 25.3 Å². The molecule has 0 radical (unpaired) electrons. The monoisotopic (exact) mass is 253 g/mol. The minimum atomic E-state index is -0.392. The molecule has 1 aromatic carbocycles. The predicted molar refractivity (Wildman–Crippen MR) is 68.6 cm³/mol. The molecule has 1 aromatic rings. The first-order chi connectivity index (χ1) is 8.65. The smallest absolute Gasteiger partial charge is 0.338 e. The van der Waals surface area contributed by atoms with Crippen molar-refractivity contribution in [2.24, 2.45) is 0 Å². The molecule has 0 saturated carbocycles. The molecule has 1 rings (SSSR count). The lowest BCUT2D eigenvalue weighted by atomic mass is 10.1. The fourth-order valence-electron chi connectivity index (χ4n) is 1.29. The topological polar surface area (TPSA) is 70.8 Å². The fraction of sp³-hybridized carbons (Fsp3) is 0.462. The molecule has 0 amide bonds. The van der Waals surface area contributed by atoms with Crippen molar-refractivity contribution in [1.82, 2.24) is 0 Å². The molecule has 0 aliphatic heterocycles. The van der Waals surface area contributed by atoms with E-state index in [0.29, 0.717) is 31.1 Å². The minimum absolute atomic E-state index is 0.219. The van der Waals surface area contributed by atoms with Gasteiger partial charge in [0.05, 0.1) is 25.4 Å². The summed E-state index contributed by atoms with van der Waals surface area (Å²) >= 11 is 0. The van der Waals surface area contributed by atoms with Crippen LogP contribution in [0.3, 0.4) is 0 Å². The number of nitrogens with two attached hydrogens (primary N) is 1. The first-order valence-corrected chi connectivity index (χ1v) is 5.75. The quantitative estimate of drug-likeness (QED) is 0.452. The van der Waals surface area contributed by atoms with Crippen molar-refractivity contribution >= 4 is 11.7 Å². The molecule has 0 aromatic heterocycles. The highest BCUT2D eigenvalue weighted by Crippen LogP contribution is 2.13. The molecule has 0 bridgehead atoms. The molecular weight excluding hydrogens is 234 g/mol. The molecule has 100 valence electrons. The van der Waals surface area contributed by atoms with Crippen LogP contribution in [0.2, 0.25) is 0 Å². The van der Waals surface area contributed by atoms with E-state index < -0.39 is 5.97 Å². The summed E-state index contributed by atoms with van der Waals surface area (Å²) in [6.45, 7) is 3.48. The first kappa shape index (κ1) is 14.5. The van der Waals surface area contributed by atoms with Crippen LogP contribution in [0, 0.1) is 6.92 Å². The second kappa shape index (κ2) is 7.68. The van der Waals surface area contributed by atoms with E-state index in [9.17, 15) is 4.79 Å². The second-order valence-corrected chi connectivity index (χ2v) is 3.81. The third-order valence-corrected chi connectivity index (χ3v) is 2.41. The maximum atomic E-state index is 11.6. The highest BCUT2D eigenvalue weighted by atomic mass is 16.6. The minimum Gasteiger partial charge on any atom is -0.460 e. The maximum absolute atomic E-state index is 11.6. The Morgan fingerprint density at radius 2 is 1.94 bits per heavy atom. The van der Waals surface area contributed by atoms with Crippen LogP contribution in [0.25, 0.3) is 0 Å². The van der Waals surface area contributed by atoms with Gasteiger partial charge in [0.25, 0.3) is 0 Å². The second-order valence-electron chi connectivity index (χ2n) is 3.81. The van der Waals surface area contributed by atoms with Gasteiger partial charge < -0.3 is 19.9 Å². The van der Waals surface area contributed by atoms with Crippen molar-refractivity contribution in [2.45, 2.75) is 6.92 Å². The molecule has 0 atom stereocenters. The largest absolute Gasteiger partial charge is 0.460 e. The van der Waals surface area contributed by atoms with E-state index in [1.807, 2.05) is 6.92 Å². The van der Waals surface area contributed by atoms with Gasteiger partial charge in [-0.1, -0.05) is 6.07 Å². The number of esters is 1. The summed E-state index contributed by atoms with van der Waals surface area (Å²) in [6.07, 6.45) is 0. The molecular formula is C13H19NO4. The van der Waals surface area contributed by atoms with Crippen molar-refractivity contribution in [3.05, 3.63) is 29.3 Å². The Kier molecular flexibility index (Phi) is 6.18. The van der Waals surface area contributed by atoms with Crippen LogP contribution in [0.5, 0.6) is 0 Å². The zero-order chi connectivity index (χ0) is 13.4. The SMILES string of the molecule is COCCOCCOC(=O)c1ccc(C)c(N)c1. The third kappa shape index (κ3) is 4.73. The molecule has 5 heteroatoms. The lowest BCUT2D eigenvalue weighted by molar-refractivity contribution is 0.0214. The molecule has 0 aliphatic rings. The molecule has 0 heterocycles. The Bertz CT molecular complexity index is 393. The standard InChI is InChI=1S/C13H19NO4/c1-10-3-4-11(9-12(10)14)13(15)18-8-7-17-6-5-16-2/h3-4,9H,5-8,14H2,1-2H3. The van der Waals surface area contributed by atoms with E-state index >= 15 is 0 Å². The van der Waals surface area contributed by atoms with Crippen molar-refractivity contribution in [2.75, 3.05) is 39.3 Å². The van der Waals surface area contributed by atoms with Crippen LogP contribution < -0.4 is 5.73 Å². The summed E-state index contributed by atoms with van der Waals surface area (Å²) < 4.78 is 15.0. The van der Waals surface area contributed by atoms with E-state index in [0.717, 1.165) is 5.56 Å². The lowest BCUT2D eigenvalue weighted by Crippen LogP contribution is -2.13. The van der Waals surface area contributed by atoms with Crippen molar-refractivity contribution < 1.29 is 19.0 Å². The van der Waals surface area contributed by atoms with Crippen LogP contribution in [-0.2, 0) is 14.2 Å². The molecule has 0 unspecified atom stereocenters. The Balaban J connectivity index is 2.30. The van der Waals surface area contributed by atoms with Gasteiger partial charge in [-0.3, -0.25) is 0 Å². The van der Waals surface area contributed by atoms with Crippen molar-refractivity contribution in [1.29, 1.82) is 0 Å². The van der Waals surface area contributed by atoms with Crippen LogP contribution in [0.1, 0.15) is 15.9 Å². The number of nitrogen functional groups attached to an aromatic ring is 1. The van der Waals surface area contributed by atoms with Gasteiger partial charge in [0, 0.05) is 12.8 Å². The fourth-order valence-corrected chi connectivity index (χ4v) is 1.29. The summed E-state index contributed by atoms with van der Waals surface area (Å²) in [5.74, 6) is -0.392. The Morgan fingerprint density at radius 3 is 2.61 bits per heavy atom. The number of methoxy groups -OCH3 is 1. The number of aryl methyl sites for hydroxylation is 1.